The molecule has 3 aliphatic rings. The lowest BCUT2D eigenvalue weighted by Crippen LogP contribution is -2.51. The first-order chi connectivity index (χ1) is 14.6. The van der Waals surface area contributed by atoms with Crippen molar-refractivity contribution in [2.24, 2.45) is 5.92 Å². The molecular formula is C21H27N3O6S. The molecule has 168 valence electrons. The first kappa shape index (κ1) is 22.9. The Balaban J connectivity index is 1.84. The molecule has 0 spiro atoms. The van der Waals surface area contributed by atoms with E-state index < -0.39 is 18.1 Å². The van der Waals surface area contributed by atoms with E-state index in [4.69, 9.17) is 4.74 Å². The van der Waals surface area contributed by atoms with Gasteiger partial charge in [-0.05, 0) is 6.42 Å². The van der Waals surface area contributed by atoms with Gasteiger partial charge < -0.3 is 19.6 Å². The number of likely N-dealkylation sites (N-methyl/N-ethyl adjacent to an activating group) is 1. The fourth-order valence-corrected chi connectivity index (χ4v) is 5.79. The summed E-state index contributed by atoms with van der Waals surface area (Å²) in [6.07, 6.45) is 1.64. The summed E-state index contributed by atoms with van der Waals surface area (Å²) >= 11 is 1.36. The summed E-state index contributed by atoms with van der Waals surface area (Å²) in [6.45, 7) is 9.67. The molecule has 0 aromatic carbocycles. The summed E-state index contributed by atoms with van der Waals surface area (Å²) in [5.41, 5.74) is 0.306. The van der Waals surface area contributed by atoms with E-state index in [1.807, 2.05) is 6.92 Å². The van der Waals surface area contributed by atoms with Crippen LogP contribution in [-0.2, 0) is 19.1 Å². The van der Waals surface area contributed by atoms with E-state index in [2.05, 4.69) is 13.2 Å². The number of carboxylic acids is 1. The quantitative estimate of drug-likeness (QED) is 0.358. The molecule has 3 amide bonds. The number of aliphatic carboxylic acids is 1. The zero-order chi connectivity index (χ0) is 23.0. The lowest BCUT2D eigenvalue weighted by atomic mass is 9.94. The summed E-state index contributed by atoms with van der Waals surface area (Å²) in [5, 5.41) is 9.53. The van der Waals surface area contributed by atoms with Gasteiger partial charge >= 0.3 is 12.1 Å². The number of carbonyl (C=O) groups is 4. The lowest BCUT2D eigenvalue weighted by Gasteiger charge is -2.37. The van der Waals surface area contributed by atoms with Gasteiger partial charge in [0.25, 0.3) is 5.91 Å². The molecule has 0 saturated carbocycles. The van der Waals surface area contributed by atoms with Crippen molar-refractivity contribution >= 4 is 35.6 Å². The maximum absolute atomic E-state index is 12.6. The number of hydrogen-bond donors (Lipinski definition) is 1. The number of carbonyl (C=O) groups excluding carboxylic acids is 3. The molecule has 4 atom stereocenters. The Labute approximate surface area is 185 Å². The van der Waals surface area contributed by atoms with Gasteiger partial charge in [0.2, 0.25) is 5.91 Å². The SMILES string of the molecule is C=CCOC(=O)N1C[C@@H](SC2=C(C(=O)O)N3C(=O)C[C@H]3[C@H]2C)C[C@H]1C(=C)C(=O)N(C)C. The number of rotatable bonds is 7. The van der Waals surface area contributed by atoms with Crippen LogP contribution in [0, 0.1) is 5.92 Å². The molecule has 3 rings (SSSR count). The Morgan fingerprint density at radius 2 is 2.03 bits per heavy atom. The van der Waals surface area contributed by atoms with Gasteiger partial charge in [-0.15, -0.1) is 11.8 Å². The Bertz CT molecular complexity index is 882. The largest absolute Gasteiger partial charge is 0.477 e. The van der Waals surface area contributed by atoms with Crippen LogP contribution < -0.4 is 0 Å². The number of nitrogens with zero attached hydrogens (tertiary/aromatic N) is 3. The van der Waals surface area contributed by atoms with Gasteiger partial charge in [0.1, 0.15) is 12.3 Å². The second kappa shape index (κ2) is 8.78. The van der Waals surface area contributed by atoms with Crippen molar-refractivity contribution in [2.45, 2.75) is 37.1 Å². The van der Waals surface area contributed by atoms with Gasteiger partial charge in [0.15, 0.2) is 0 Å². The highest BCUT2D eigenvalue weighted by molar-refractivity contribution is 8.03. The number of β-lactam (4-membered cyclic amide) rings is 1. The second-order valence-corrected chi connectivity index (χ2v) is 9.42. The number of thioether (sulfide) groups is 1. The zero-order valence-electron chi connectivity index (χ0n) is 17.9. The lowest BCUT2D eigenvalue weighted by molar-refractivity contribution is -0.148. The van der Waals surface area contributed by atoms with Gasteiger partial charge in [-0.25, -0.2) is 9.59 Å². The zero-order valence-corrected chi connectivity index (χ0v) is 18.7. The average Bonchev–Trinajstić information content (AvgIpc) is 3.23. The maximum Gasteiger partial charge on any atom is 0.410 e. The van der Waals surface area contributed by atoms with Crippen molar-refractivity contribution in [3.05, 3.63) is 35.4 Å². The van der Waals surface area contributed by atoms with Crippen molar-refractivity contribution in [1.82, 2.24) is 14.7 Å². The van der Waals surface area contributed by atoms with Crippen LogP contribution in [0.15, 0.2) is 35.4 Å². The second-order valence-electron chi connectivity index (χ2n) is 8.08. The van der Waals surface area contributed by atoms with Crippen LogP contribution in [-0.4, -0.2) is 88.3 Å². The summed E-state index contributed by atoms with van der Waals surface area (Å²) < 4.78 is 5.19. The first-order valence-corrected chi connectivity index (χ1v) is 10.9. The maximum atomic E-state index is 12.6. The molecule has 0 bridgehead atoms. The van der Waals surface area contributed by atoms with E-state index in [1.165, 1.54) is 32.5 Å². The van der Waals surface area contributed by atoms with Gasteiger partial charge in [-0.3, -0.25) is 14.5 Å². The third-order valence-electron chi connectivity index (χ3n) is 5.85. The molecule has 0 unspecified atom stereocenters. The highest BCUT2D eigenvalue weighted by Crippen LogP contribution is 2.49. The molecule has 31 heavy (non-hydrogen) atoms. The number of carboxylic acid groups (broad SMARTS) is 1. The topological polar surface area (TPSA) is 107 Å². The van der Waals surface area contributed by atoms with E-state index in [0.29, 0.717) is 17.7 Å². The fourth-order valence-electron chi connectivity index (χ4n) is 4.25. The van der Waals surface area contributed by atoms with Crippen molar-refractivity contribution in [1.29, 1.82) is 0 Å². The fraction of sp³-hybridized carbons (Fsp3) is 0.524. The van der Waals surface area contributed by atoms with Crippen molar-refractivity contribution in [2.75, 3.05) is 27.2 Å². The number of ether oxygens (including phenoxy) is 1. The minimum atomic E-state index is -1.13. The van der Waals surface area contributed by atoms with E-state index >= 15 is 0 Å². The number of fused-ring (bicyclic) bond motifs is 1. The normalized spacial score (nSPS) is 27.0. The third kappa shape index (κ3) is 4.08. The molecule has 0 radical (unpaired) electrons. The Kier molecular flexibility index (Phi) is 6.49. The highest BCUT2D eigenvalue weighted by Gasteiger charge is 2.53. The molecule has 1 N–H and O–H groups in total. The van der Waals surface area contributed by atoms with Gasteiger partial charge in [0, 0.05) is 48.7 Å². The summed E-state index contributed by atoms with van der Waals surface area (Å²) in [6, 6.07) is -0.689. The molecule has 3 heterocycles. The molecule has 9 nitrogen and oxygen atoms in total. The molecule has 2 saturated heterocycles. The smallest absolute Gasteiger partial charge is 0.410 e. The monoisotopic (exact) mass is 449 g/mol. The molecular weight excluding hydrogens is 422 g/mol. The summed E-state index contributed by atoms with van der Waals surface area (Å²) in [4.78, 5) is 53.8. The van der Waals surface area contributed by atoms with E-state index in [9.17, 15) is 24.3 Å². The highest BCUT2D eigenvalue weighted by atomic mass is 32.2. The van der Waals surface area contributed by atoms with Gasteiger partial charge in [-0.1, -0.05) is 26.2 Å². The number of amides is 3. The van der Waals surface area contributed by atoms with Crippen LogP contribution in [0.2, 0.25) is 0 Å². The Hall–Kier alpha value is -2.75. The van der Waals surface area contributed by atoms with Crippen LogP contribution >= 0.6 is 11.8 Å². The van der Waals surface area contributed by atoms with Crippen molar-refractivity contribution in [3.63, 3.8) is 0 Å². The predicted octanol–water partition coefficient (Wildman–Crippen LogP) is 1.68. The summed E-state index contributed by atoms with van der Waals surface area (Å²) in [7, 11) is 3.22. The number of likely N-dealkylation sites (tertiary alicyclic amines) is 1. The molecule has 0 aromatic rings. The van der Waals surface area contributed by atoms with Crippen LogP contribution in [0.4, 0.5) is 4.79 Å². The Morgan fingerprint density at radius 1 is 1.35 bits per heavy atom. The minimum absolute atomic E-state index is 0.0335. The molecule has 0 aromatic heterocycles. The predicted molar refractivity (Wildman–Crippen MR) is 115 cm³/mol. The van der Waals surface area contributed by atoms with Crippen LogP contribution in [0.5, 0.6) is 0 Å². The standard InChI is InChI=1S/C21H27N3O6S/c1-6-7-30-21(29)23-10-13(8-14(23)12(3)19(26)22(4)5)31-18-11(2)15-9-16(25)24(15)17(18)20(27)28/h6,11,13-15H,1,3,7-10H2,2,4-5H3,(H,27,28)/t11-,13+,14+,15+/m1/s1. The molecule has 3 aliphatic heterocycles. The van der Waals surface area contributed by atoms with E-state index in [0.717, 1.165) is 0 Å². The van der Waals surface area contributed by atoms with E-state index in [-0.39, 0.29) is 53.4 Å². The Morgan fingerprint density at radius 3 is 2.58 bits per heavy atom. The van der Waals surface area contributed by atoms with Crippen LogP contribution in [0.25, 0.3) is 0 Å². The van der Waals surface area contributed by atoms with Crippen LogP contribution in [0.3, 0.4) is 0 Å². The molecule has 0 aliphatic carbocycles. The van der Waals surface area contributed by atoms with E-state index in [1.54, 1.807) is 14.1 Å². The summed E-state index contributed by atoms with van der Waals surface area (Å²) in [5.74, 6) is -1.70. The first-order valence-electron chi connectivity index (χ1n) is 9.99. The van der Waals surface area contributed by atoms with Crippen molar-refractivity contribution < 1.29 is 29.0 Å². The minimum Gasteiger partial charge on any atom is -0.477 e. The number of hydrogen-bond acceptors (Lipinski definition) is 6. The average molecular weight is 450 g/mol. The van der Waals surface area contributed by atoms with Gasteiger partial charge in [-0.2, -0.15) is 0 Å². The molecule has 2 fully saturated rings. The third-order valence-corrected chi connectivity index (χ3v) is 7.34. The molecule has 10 heteroatoms. The van der Waals surface area contributed by atoms with Crippen molar-refractivity contribution in [3.8, 4) is 0 Å². The van der Waals surface area contributed by atoms with Crippen LogP contribution in [0.1, 0.15) is 19.8 Å². The van der Waals surface area contributed by atoms with Gasteiger partial charge in [0.05, 0.1) is 12.1 Å².